The minimum Gasteiger partial charge on any atom is -0.497 e. The third kappa shape index (κ3) is 3.04. The maximum absolute atomic E-state index is 12.1. The van der Waals surface area contributed by atoms with Crippen LogP contribution in [-0.2, 0) is 0 Å². The first kappa shape index (κ1) is 13.0. The van der Waals surface area contributed by atoms with Crippen LogP contribution < -0.4 is 14.8 Å². The van der Waals surface area contributed by atoms with Gasteiger partial charge in [0.1, 0.15) is 11.5 Å². The molecule has 2 aromatic carbocycles. The lowest BCUT2D eigenvalue weighted by Crippen LogP contribution is -2.12. The van der Waals surface area contributed by atoms with Crippen LogP contribution in [0.3, 0.4) is 0 Å². The molecule has 0 aliphatic heterocycles. The van der Waals surface area contributed by atoms with Gasteiger partial charge in [-0.15, -0.1) is 0 Å². The Balaban J connectivity index is 2.25. The van der Waals surface area contributed by atoms with Gasteiger partial charge < -0.3 is 14.8 Å². The molecule has 0 radical (unpaired) electrons. The molecular formula is C15H15NO3. The zero-order valence-corrected chi connectivity index (χ0v) is 10.8. The molecule has 0 aliphatic rings. The average molecular weight is 257 g/mol. The molecule has 19 heavy (non-hydrogen) atoms. The number of hydrogen-bond acceptors (Lipinski definition) is 3. The van der Waals surface area contributed by atoms with Crippen molar-refractivity contribution in [3.63, 3.8) is 0 Å². The van der Waals surface area contributed by atoms with E-state index in [9.17, 15) is 4.79 Å². The molecule has 0 aliphatic carbocycles. The van der Waals surface area contributed by atoms with Gasteiger partial charge in [-0.2, -0.15) is 0 Å². The third-order valence-corrected chi connectivity index (χ3v) is 2.69. The molecule has 0 bridgehead atoms. The Kier molecular flexibility index (Phi) is 4.03. The molecule has 1 N–H and O–H groups in total. The van der Waals surface area contributed by atoms with E-state index >= 15 is 0 Å². The Morgan fingerprint density at radius 2 is 1.74 bits per heavy atom. The molecule has 0 atom stereocenters. The molecule has 0 unspecified atom stereocenters. The fraction of sp³-hybridized carbons (Fsp3) is 0.133. The first-order valence-electron chi connectivity index (χ1n) is 5.83. The van der Waals surface area contributed by atoms with Crippen LogP contribution >= 0.6 is 0 Å². The van der Waals surface area contributed by atoms with E-state index in [1.54, 1.807) is 44.6 Å². The van der Waals surface area contributed by atoms with Gasteiger partial charge in [0.05, 0.1) is 19.9 Å². The molecule has 98 valence electrons. The van der Waals surface area contributed by atoms with E-state index in [1.165, 1.54) is 0 Å². The predicted octanol–water partition coefficient (Wildman–Crippen LogP) is 2.96. The smallest absolute Gasteiger partial charge is 0.255 e. The Bertz CT molecular complexity index is 567. The topological polar surface area (TPSA) is 47.6 Å². The Morgan fingerprint density at radius 1 is 1.00 bits per heavy atom. The van der Waals surface area contributed by atoms with Crippen LogP contribution in [0.25, 0.3) is 0 Å². The lowest BCUT2D eigenvalue weighted by atomic mass is 10.2. The number of rotatable bonds is 4. The number of amides is 1. The van der Waals surface area contributed by atoms with Gasteiger partial charge in [-0.05, 0) is 24.3 Å². The summed E-state index contributed by atoms with van der Waals surface area (Å²) < 4.78 is 10.3. The number of hydrogen-bond donors (Lipinski definition) is 1. The fourth-order valence-corrected chi connectivity index (χ4v) is 1.70. The van der Waals surface area contributed by atoms with Gasteiger partial charge in [-0.1, -0.05) is 18.2 Å². The number of anilines is 1. The van der Waals surface area contributed by atoms with Gasteiger partial charge in [0.15, 0.2) is 0 Å². The minimum absolute atomic E-state index is 0.188. The second-order valence-electron chi connectivity index (χ2n) is 3.89. The Labute approximate surface area is 112 Å². The van der Waals surface area contributed by atoms with E-state index in [0.29, 0.717) is 22.7 Å². The van der Waals surface area contributed by atoms with Gasteiger partial charge >= 0.3 is 0 Å². The molecular weight excluding hydrogens is 242 g/mol. The quantitative estimate of drug-likeness (QED) is 0.916. The van der Waals surface area contributed by atoms with Crippen molar-refractivity contribution in [3.8, 4) is 11.5 Å². The highest BCUT2D eigenvalue weighted by molar-refractivity contribution is 6.05. The molecule has 0 saturated carbocycles. The van der Waals surface area contributed by atoms with Crippen LogP contribution in [0.4, 0.5) is 5.69 Å². The predicted molar refractivity (Wildman–Crippen MR) is 73.9 cm³/mol. The number of methoxy groups -OCH3 is 2. The number of ether oxygens (including phenoxy) is 2. The van der Waals surface area contributed by atoms with Crippen molar-refractivity contribution >= 4 is 11.6 Å². The summed E-state index contributed by atoms with van der Waals surface area (Å²) in [5, 5.41) is 2.81. The average Bonchev–Trinajstić information content (AvgIpc) is 2.48. The van der Waals surface area contributed by atoms with Gasteiger partial charge in [-0.3, -0.25) is 4.79 Å². The van der Waals surface area contributed by atoms with Crippen molar-refractivity contribution < 1.29 is 14.3 Å². The molecule has 0 fully saturated rings. The highest BCUT2D eigenvalue weighted by atomic mass is 16.5. The second kappa shape index (κ2) is 5.91. The zero-order chi connectivity index (χ0) is 13.7. The molecule has 0 aromatic heterocycles. The lowest BCUT2D eigenvalue weighted by Gasteiger charge is -2.11. The standard InChI is InChI=1S/C15H15NO3/c1-18-12-8-9-14(19-2)13(10-12)16-15(17)11-6-4-3-5-7-11/h3-10H,1-2H3,(H,16,17). The van der Waals surface area contributed by atoms with Crippen LogP contribution in [0.2, 0.25) is 0 Å². The summed E-state index contributed by atoms with van der Waals surface area (Å²) in [7, 11) is 3.13. The number of carbonyl (C=O) groups is 1. The van der Waals surface area contributed by atoms with E-state index in [-0.39, 0.29) is 5.91 Å². The molecule has 4 heteroatoms. The molecule has 2 aromatic rings. The molecule has 0 heterocycles. The first-order chi connectivity index (χ1) is 9.24. The first-order valence-corrected chi connectivity index (χ1v) is 5.83. The second-order valence-corrected chi connectivity index (χ2v) is 3.89. The summed E-state index contributed by atoms with van der Waals surface area (Å²) in [6.45, 7) is 0. The maximum Gasteiger partial charge on any atom is 0.255 e. The molecule has 1 amide bonds. The molecule has 0 saturated heterocycles. The highest BCUT2D eigenvalue weighted by Crippen LogP contribution is 2.29. The fourth-order valence-electron chi connectivity index (χ4n) is 1.70. The summed E-state index contributed by atoms with van der Waals surface area (Å²) in [4.78, 5) is 12.1. The van der Waals surface area contributed by atoms with E-state index < -0.39 is 0 Å². The third-order valence-electron chi connectivity index (χ3n) is 2.69. The van der Waals surface area contributed by atoms with Crippen molar-refractivity contribution in [1.82, 2.24) is 0 Å². The maximum atomic E-state index is 12.1. The van der Waals surface area contributed by atoms with Gasteiger partial charge in [0.2, 0.25) is 0 Å². The molecule has 4 nitrogen and oxygen atoms in total. The van der Waals surface area contributed by atoms with Crippen molar-refractivity contribution in [1.29, 1.82) is 0 Å². The normalized spacial score (nSPS) is 9.79. The monoisotopic (exact) mass is 257 g/mol. The zero-order valence-electron chi connectivity index (χ0n) is 10.8. The van der Waals surface area contributed by atoms with Crippen LogP contribution in [0.15, 0.2) is 48.5 Å². The van der Waals surface area contributed by atoms with Crippen molar-refractivity contribution in [2.45, 2.75) is 0 Å². The highest BCUT2D eigenvalue weighted by Gasteiger charge is 2.10. The van der Waals surface area contributed by atoms with Crippen molar-refractivity contribution in [3.05, 3.63) is 54.1 Å². The van der Waals surface area contributed by atoms with Gasteiger partial charge in [-0.25, -0.2) is 0 Å². The Morgan fingerprint density at radius 3 is 2.37 bits per heavy atom. The van der Waals surface area contributed by atoms with Crippen LogP contribution in [0.1, 0.15) is 10.4 Å². The summed E-state index contributed by atoms with van der Waals surface area (Å²) in [5.74, 6) is 1.06. The van der Waals surface area contributed by atoms with E-state index in [1.807, 2.05) is 18.2 Å². The summed E-state index contributed by atoms with van der Waals surface area (Å²) >= 11 is 0. The van der Waals surface area contributed by atoms with Gasteiger partial charge in [0.25, 0.3) is 5.91 Å². The van der Waals surface area contributed by atoms with Crippen LogP contribution in [-0.4, -0.2) is 20.1 Å². The van der Waals surface area contributed by atoms with Crippen molar-refractivity contribution in [2.75, 3.05) is 19.5 Å². The van der Waals surface area contributed by atoms with E-state index in [4.69, 9.17) is 9.47 Å². The largest absolute Gasteiger partial charge is 0.497 e. The van der Waals surface area contributed by atoms with E-state index in [0.717, 1.165) is 0 Å². The van der Waals surface area contributed by atoms with Crippen molar-refractivity contribution in [2.24, 2.45) is 0 Å². The molecule has 0 spiro atoms. The summed E-state index contributed by atoms with van der Waals surface area (Å²) in [5.41, 5.74) is 1.17. The molecule has 2 rings (SSSR count). The lowest BCUT2D eigenvalue weighted by molar-refractivity contribution is 0.102. The van der Waals surface area contributed by atoms with E-state index in [2.05, 4.69) is 5.32 Å². The number of benzene rings is 2. The van der Waals surface area contributed by atoms with Gasteiger partial charge in [0, 0.05) is 11.6 Å². The number of carbonyl (C=O) groups excluding carboxylic acids is 1. The Hall–Kier alpha value is -2.49. The summed E-state index contributed by atoms with van der Waals surface area (Å²) in [6.07, 6.45) is 0. The van der Waals surface area contributed by atoms with Crippen LogP contribution in [0.5, 0.6) is 11.5 Å². The minimum atomic E-state index is -0.188. The SMILES string of the molecule is COc1ccc(OC)c(NC(=O)c2ccccc2)c1. The summed E-state index contributed by atoms with van der Waals surface area (Å²) in [6, 6.07) is 14.2. The van der Waals surface area contributed by atoms with Crippen LogP contribution in [0, 0.1) is 0 Å². The number of nitrogens with one attached hydrogen (secondary N) is 1.